The van der Waals surface area contributed by atoms with Gasteiger partial charge in [0.15, 0.2) is 6.61 Å². The molecule has 1 aliphatic heterocycles. The Morgan fingerprint density at radius 2 is 1.87 bits per heavy atom. The van der Waals surface area contributed by atoms with Crippen LogP contribution in [0.2, 0.25) is 0 Å². The Morgan fingerprint density at radius 1 is 1.13 bits per heavy atom. The van der Waals surface area contributed by atoms with E-state index in [1.54, 1.807) is 30.3 Å². The van der Waals surface area contributed by atoms with Crippen molar-refractivity contribution in [2.45, 2.75) is 50.2 Å². The number of halogens is 2. The van der Waals surface area contributed by atoms with E-state index in [4.69, 9.17) is 14.2 Å². The molecule has 2 aromatic carbocycles. The van der Waals surface area contributed by atoms with E-state index in [2.05, 4.69) is 0 Å². The second kappa shape index (κ2) is 12.6. The first kappa shape index (κ1) is 27.9. The first-order valence-electron chi connectivity index (χ1n) is 12.8. The largest absolute Gasteiger partial charge is 0.487 e. The molecule has 0 amide bonds. The SMILES string of the molecule is O=C1CCC/C=C\C[C@@H]2[C@H](/C=C/C(F)(F)COc3ccccc3)[C@H](OC(=O)c3ccc([N+](=O)[O-])cc3)C[C@@H]2O1. The summed E-state index contributed by atoms with van der Waals surface area (Å²) in [4.78, 5) is 35.6. The van der Waals surface area contributed by atoms with Crippen LogP contribution in [0.4, 0.5) is 14.5 Å². The third-order valence-electron chi connectivity index (χ3n) is 6.78. The molecule has 0 aromatic heterocycles. The summed E-state index contributed by atoms with van der Waals surface area (Å²) in [7, 11) is 0. The number of allylic oxidation sites excluding steroid dienone is 2. The lowest BCUT2D eigenvalue weighted by molar-refractivity contribution is -0.384. The average Bonchev–Trinajstić information content (AvgIpc) is 3.24. The molecule has 0 N–H and O–H groups in total. The number of nitrogens with zero attached hydrogens (tertiary/aromatic N) is 1. The van der Waals surface area contributed by atoms with Gasteiger partial charge in [-0.3, -0.25) is 14.9 Å². The van der Waals surface area contributed by atoms with Crippen LogP contribution in [0, 0.1) is 22.0 Å². The van der Waals surface area contributed by atoms with Crippen LogP contribution in [0.3, 0.4) is 0 Å². The van der Waals surface area contributed by atoms with Crippen molar-refractivity contribution in [1.29, 1.82) is 0 Å². The molecule has 39 heavy (non-hydrogen) atoms. The van der Waals surface area contributed by atoms with E-state index in [0.29, 0.717) is 25.0 Å². The van der Waals surface area contributed by atoms with Crippen molar-refractivity contribution in [1.82, 2.24) is 0 Å². The van der Waals surface area contributed by atoms with Gasteiger partial charge < -0.3 is 14.2 Å². The van der Waals surface area contributed by atoms with Crippen LogP contribution in [-0.4, -0.2) is 41.6 Å². The lowest BCUT2D eigenvalue weighted by atomic mass is 9.89. The summed E-state index contributed by atoms with van der Waals surface area (Å²) >= 11 is 0. The quantitative estimate of drug-likeness (QED) is 0.173. The van der Waals surface area contributed by atoms with Crippen LogP contribution in [0.5, 0.6) is 5.75 Å². The molecule has 1 heterocycles. The van der Waals surface area contributed by atoms with Crippen LogP contribution in [0.15, 0.2) is 78.9 Å². The minimum atomic E-state index is -3.32. The van der Waals surface area contributed by atoms with Crippen molar-refractivity contribution in [3.63, 3.8) is 0 Å². The number of fused-ring (bicyclic) bond motifs is 1. The lowest BCUT2D eigenvalue weighted by Gasteiger charge is -2.24. The molecule has 1 fully saturated rings. The highest BCUT2D eigenvalue weighted by Crippen LogP contribution is 2.41. The Labute approximate surface area is 224 Å². The van der Waals surface area contributed by atoms with Crippen molar-refractivity contribution in [3.8, 4) is 5.75 Å². The molecule has 8 nitrogen and oxygen atoms in total. The molecular formula is C29H29F2NO7. The van der Waals surface area contributed by atoms with Crippen LogP contribution in [0.25, 0.3) is 0 Å². The summed E-state index contributed by atoms with van der Waals surface area (Å²) in [5.74, 6) is -5.20. The standard InChI is InChI=1S/C29H29F2NO7/c30-29(31,19-37-22-8-4-3-5-9-22)17-16-24-23-10-6-1-2-7-11-27(33)38-25(23)18-26(24)39-28(34)20-12-14-21(15-13-20)32(35)36/h1,3-6,8-9,12-17,23-26H,2,7,10-11,18-19H2/b6-1-,17-16+/t23-,24+,25+,26-/m1/s1. The molecule has 10 heteroatoms. The maximum atomic E-state index is 14.8. The molecule has 0 bridgehead atoms. The zero-order valence-electron chi connectivity index (χ0n) is 21.1. The Balaban J connectivity index is 1.54. The smallest absolute Gasteiger partial charge is 0.338 e. The van der Waals surface area contributed by atoms with Crippen LogP contribution in [0.1, 0.15) is 42.5 Å². The van der Waals surface area contributed by atoms with Crippen LogP contribution < -0.4 is 4.74 Å². The monoisotopic (exact) mass is 541 g/mol. The molecule has 0 unspecified atom stereocenters. The molecular weight excluding hydrogens is 512 g/mol. The number of carbonyl (C=O) groups is 2. The predicted molar refractivity (Wildman–Crippen MR) is 137 cm³/mol. The second-order valence-electron chi connectivity index (χ2n) is 9.57. The molecule has 206 valence electrons. The molecule has 0 spiro atoms. The van der Waals surface area contributed by atoms with E-state index >= 15 is 0 Å². The first-order valence-corrected chi connectivity index (χ1v) is 12.8. The second-order valence-corrected chi connectivity index (χ2v) is 9.57. The molecule has 0 saturated heterocycles. The minimum Gasteiger partial charge on any atom is -0.487 e. The van der Waals surface area contributed by atoms with Gasteiger partial charge in [-0.2, -0.15) is 8.78 Å². The van der Waals surface area contributed by atoms with Gasteiger partial charge in [0.2, 0.25) is 0 Å². The predicted octanol–water partition coefficient (Wildman–Crippen LogP) is 6.07. The lowest BCUT2D eigenvalue weighted by Crippen LogP contribution is -2.28. The van der Waals surface area contributed by atoms with Gasteiger partial charge in [0, 0.05) is 36.8 Å². The number of alkyl halides is 2. The van der Waals surface area contributed by atoms with E-state index in [0.717, 1.165) is 6.08 Å². The van der Waals surface area contributed by atoms with Crippen LogP contribution in [-0.2, 0) is 14.3 Å². The fourth-order valence-electron chi connectivity index (χ4n) is 4.81. The topological polar surface area (TPSA) is 105 Å². The zero-order valence-corrected chi connectivity index (χ0v) is 21.1. The number of hydrogen-bond donors (Lipinski definition) is 0. The summed E-state index contributed by atoms with van der Waals surface area (Å²) < 4.78 is 46.2. The van der Waals surface area contributed by atoms with E-state index in [-0.39, 0.29) is 36.0 Å². The number of rotatable bonds is 8. The van der Waals surface area contributed by atoms with Gasteiger partial charge >= 0.3 is 11.9 Å². The number of hydrogen-bond acceptors (Lipinski definition) is 7. The molecule has 4 rings (SSSR count). The molecule has 1 aliphatic carbocycles. The number of benzene rings is 2. The number of nitro benzene ring substituents is 1. The van der Waals surface area contributed by atoms with Gasteiger partial charge in [-0.15, -0.1) is 0 Å². The van der Waals surface area contributed by atoms with Crippen molar-refractivity contribution in [3.05, 3.63) is 94.6 Å². The van der Waals surface area contributed by atoms with E-state index < -0.39 is 41.5 Å². The number of esters is 2. The molecule has 2 aromatic rings. The van der Waals surface area contributed by atoms with Gasteiger partial charge in [-0.25, -0.2) is 4.79 Å². The normalized spacial score (nSPS) is 24.4. The summed E-state index contributed by atoms with van der Waals surface area (Å²) in [5.41, 5.74) is -0.0998. The average molecular weight is 542 g/mol. The van der Waals surface area contributed by atoms with Crippen molar-refractivity contribution in [2.75, 3.05) is 6.61 Å². The summed E-state index contributed by atoms with van der Waals surface area (Å²) in [6.07, 6.45) is 6.64. The van der Waals surface area contributed by atoms with Crippen molar-refractivity contribution >= 4 is 17.6 Å². The van der Waals surface area contributed by atoms with E-state index in [9.17, 15) is 28.5 Å². The highest BCUT2D eigenvalue weighted by molar-refractivity contribution is 5.89. The molecule has 4 atom stereocenters. The number of para-hydroxylation sites is 1. The fourth-order valence-corrected chi connectivity index (χ4v) is 4.81. The fraction of sp³-hybridized carbons (Fsp3) is 0.379. The molecule has 1 saturated carbocycles. The van der Waals surface area contributed by atoms with Gasteiger partial charge in [0.05, 0.1) is 10.5 Å². The van der Waals surface area contributed by atoms with Gasteiger partial charge in [0.25, 0.3) is 11.6 Å². The van der Waals surface area contributed by atoms with Crippen LogP contribution >= 0.6 is 0 Å². The third kappa shape index (κ3) is 7.72. The molecule has 0 radical (unpaired) electrons. The Kier molecular flexibility index (Phi) is 9.06. The summed E-state index contributed by atoms with van der Waals surface area (Å²) in [5, 5.41) is 10.9. The van der Waals surface area contributed by atoms with Crippen molar-refractivity contribution < 1.29 is 37.5 Å². The Hall–Kier alpha value is -4.08. The maximum Gasteiger partial charge on any atom is 0.338 e. The van der Waals surface area contributed by atoms with E-state index in [1.807, 2.05) is 12.2 Å². The number of non-ortho nitro benzene ring substituents is 1. The maximum absolute atomic E-state index is 14.8. The highest BCUT2D eigenvalue weighted by Gasteiger charge is 2.46. The Morgan fingerprint density at radius 3 is 2.59 bits per heavy atom. The zero-order chi connectivity index (χ0) is 27.8. The van der Waals surface area contributed by atoms with Crippen molar-refractivity contribution in [2.24, 2.45) is 11.8 Å². The van der Waals surface area contributed by atoms with Gasteiger partial charge in [0.1, 0.15) is 18.0 Å². The van der Waals surface area contributed by atoms with Gasteiger partial charge in [-0.1, -0.05) is 36.4 Å². The molecule has 2 aliphatic rings. The first-order chi connectivity index (χ1) is 18.7. The summed E-state index contributed by atoms with van der Waals surface area (Å²) in [6, 6.07) is 13.2. The number of ether oxygens (including phenoxy) is 3. The third-order valence-corrected chi connectivity index (χ3v) is 6.78. The number of carbonyl (C=O) groups excluding carboxylic acids is 2. The number of nitro groups is 1. The van der Waals surface area contributed by atoms with E-state index in [1.165, 1.54) is 30.3 Å². The Bertz CT molecular complexity index is 1210. The highest BCUT2D eigenvalue weighted by atomic mass is 19.3. The minimum absolute atomic E-state index is 0.0831. The van der Waals surface area contributed by atoms with Gasteiger partial charge in [-0.05, 0) is 49.6 Å². The summed E-state index contributed by atoms with van der Waals surface area (Å²) in [6.45, 7) is -0.879.